The van der Waals surface area contributed by atoms with Crippen molar-refractivity contribution in [1.29, 1.82) is 0 Å². The predicted molar refractivity (Wildman–Crippen MR) is 75.2 cm³/mol. The average Bonchev–Trinajstić information content (AvgIpc) is 2.37. The molecule has 2 rings (SSSR count). The molecule has 0 aliphatic carbocycles. The number of nitrogen functional groups attached to an aromatic ring is 1. The highest BCUT2D eigenvalue weighted by Gasteiger charge is 2.15. The molecule has 4 heteroatoms. The zero-order chi connectivity index (χ0) is 14.2. The Morgan fingerprint density at radius 3 is 2.32 bits per heavy atom. The normalized spacial score (nSPS) is 10.5. The van der Waals surface area contributed by atoms with Crippen molar-refractivity contribution in [2.75, 3.05) is 5.73 Å². The van der Waals surface area contributed by atoms with Gasteiger partial charge in [0, 0.05) is 16.8 Å². The van der Waals surface area contributed by atoms with Crippen LogP contribution in [0.5, 0.6) is 0 Å². The molecule has 0 aromatic heterocycles. The number of carbonyl (C=O) groups excluding carboxylic acids is 1. The van der Waals surface area contributed by atoms with Gasteiger partial charge in [0.15, 0.2) is 5.78 Å². The van der Waals surface area contributed by atoms with E-state index in [-0.39, 0.29) is 11.6 Å². The fourth-order valence-corrected chi connectivity index (χ4v) is 2.15. The van der Waals surface area contributed by atoms with Crippen molar-refractivity contribution in [2.24, 2.45) is 0 Å². The van der Waals surface area contributed by atoms with E-state index in [0.717, 1.165) is 0 Å². The number of halogens is 2. The van der Waals surface area contributed by atoms with Crippen molar-refractivity contribution in [1.82, 2.24) is 0 Å². The summed E-state index contributed by atoms with van der Waals surface area (Å²) in [5.41, 5.74) is 7.72. The Bertz CT molecular complexity index is 644. The number of carbonyl (C=O) groups is 1. The van der Waals surface area contributed by atoms with Gasteiger partial charge in [0.2, 0.25) is 0 Å². The summed E-state index contributed by atoms with van der Waals surface area (Å²) in [6, 6.07) is 7.76. The fourth-order valence-electron chi connectivity index (χ4n) is 1.95. The molecule has 98 valence electrons. The molecule has 2 aromatic rings. The molecule has 0 fully saturated rings. The number of nitrogens with two attached hydrogens (primary N) is 1. The van der Waals surface area contributed by atoms with E-state index in [1.54, 1.807) is 26.0 Å². The Kier molecular flexibility index (Phi) is 3.58. The Morgan fingerprint density at radius 2 is 1.74 bits per heavy atom. The van der Waals surface area contributed by atoms with Gasteiger partial charge in [0.1, 0.15) is 5.82 Å². The summed E-state index contributed by atoms with van der Waals surface area (Å²) >= 11 is 6.00. The Morgan fingerprint density at radius 1 is 1.16 bits per heavy atom. The second kappa shape index (κ2) is 5.02. The summed E-state index contributed by atoms with van der Waals surface area (Å²) in [5.74, 6) is -0.557. The maximum atomic E-state index is 13.6. The zero-order valence-corrected chi connectivity index (χ0v) is 11.4. The first-order valence-electron chi connectivity index (χ1n) is 5.76. The first-order valence-corrected chi connectivity index (χ1v) is 6.14. The molecular formula is C15H13ClFNO. The number of anilines is 1. The van der Waals surface area contributed by atoms with Crippen molar-refractivity contribution in [3.8, 4) is 0 Å². The number of hydrogen-bond donors (Lipinski definition) is 1. The number of benzene rings is 2. The smallest absolute Gasteiger partial charge is 0.194 e. The monoisotopic (exact) mass is 277 g/mol. The number of rotatable bonds is 2. The maximum Gasteiger partial charge on any atom is 0.194 e. The van der Waals surface area contributed by atoms with Crippen molar-refractivity contribution >= 4 is 23.1 Å². The summed E-state index contributed by atoms with van der Waals surface area (Å²) in [7, 11) is 0. The van der Waals surface area contributed by atoms with Crippen molar-refractivity contribution in [3.05, 3.63) is 63.4 Å². The molecular weight excluding hydrogens is 265 g/mol. The van der Waals surface area contributed by atoms with Crippen LogP contribution in [-0.4, -0.2) is 5.78 Å². The summed E-state index contributed by atoms with van der Waals surface area (Å²) in [6.07, 6.45) is 0. The molecule has 0 aliphatic rings. The maximum absolute atomic E-state index is 13.6. The molecule has 0 atom stereocenters. The van der Waals surface area contributed by atoms with Crippen LogP contribution >= 0.6 is 11.6 Å². The van der Waals surface area contributed by atoms with Crippen molar-refractivity contribution < 1.29 is 9.18 Å². The second-order valence-electron chi connectivity index (χ2n) is 4.49. The van der Waals surface area contributed by atoms with E-state index in [1.165, 1.54) is 18.2 Å². The highest BCUT2D eigenvalue weighted by molar-refractivity contribution is 6.35. The largest absolute Gasteiger partial charge is 0.399 e. The molecule has 2 aromatic carbocycles. The Balaban J connectivity index is 2.53. The van der Waals surface area contributed by atoms with Gasteiger partial charge in [-0.05, 0) is 55.3 Å². The van der Waals surface area contributed by atoms with Gasteiger partial charge in [0.05, 0.1) is 5.02 Å². The molecule has 0 saturated carbocycles. The topological polar surface area (TPSA) is 43.1 Å². The lowest BCUT2D eigenvalue weighted by atomic mass is 9.98. The zero-order valence-electron chi connectivity index (χ0n) is 10.6. The number of ketones is 1. The van der Waals surface area contributed by atoms with Gasteiger partial charge in [-0.25, -0.2) is 4.39 Å². The van der Waals surface area contributed by atoms with Crippen LogP contribution in [0.2, 0.25) is 5.02 Å². The van der Waals surface area contributed by atoms with E-state index in [9.17, 15) is 9.18 Å². The molecule has 0 spiro atoms. The minimum atomic E-state index is -0.296. The van der Waals surface area contributed by atoms with Crippen LogP contribution in [0.4, 0.5) is 10.1 Å². The summed E-state index contributed by atoms with van der Waals surface area (Å²) in [4.78, 5) is 12.4. The standard InChI is InChI=1S/C15H13ClFNO/c1-8-5-10(6-9(2)14(8)17)15(19)12-7-11(18)3-4-13(12)16/h3-7H,18H2,1-2H3. The van der Waals surface area contributed by atoms with Gasteiger partial charge in [0.25, 0.3) is 0 Å². The fraction of sp³-hybridized carbons (Fsp3) is 0.133. The molecule has 0 saturated heterocycles. The van der Waals surface area contributed by atoms with Crippen LogP contribution < -0.4 is 5.73 Å². The van der Waals surface area contributed by atoms with Crippen LogP contribution in [-0.2, 0) is 0 Å². The first-order chi connectivity index (χ1) is 8.90. The quantitative estimate of drug-likeness (QED) is 0.668. The number of hydrogen-bond acceptors (Lipinski definition) is 2. The van der Waals surface area contributed by atoms with Crippen LogP contribution in [0.1, 0.15) is 27.0 Å². The van der Waals surface area contributed by atoms with E-state index >= 15 is 0 Å². The van der Waals surface area contributed by atoms with Crippen LogP contribution in [0.25, 0.3) is 0 Å². The van der Waals surface area contributed by atoms with E-state index in [0.29, 0.717) is 33.0 Å². The third-order valence-corrected chi connectivity index (χ3v) is 3.26. The van der Waals surface area contributed by atoms with E-state index in [4.69, 9.17) is 17.3 Å². The Labute approximate surface area is 116 Å². The van der Waals surface area contributed by atoms with E-state index in [1.807, 2.05) is 0 Å². The lowest BCUT2D eigenvalue weighted by Crippen LogP contribution is -2.05. The van der Waals surface area contributed by atoms with Crippen LogP contribution in [0.15, 0.2) is 30.3 Å². The number of aryl methyl sites for hydroxylation is 2. The Hall–Kier alpha value is -1.87. The highest BCUT2D eigenvalue weighted by Crippen LogP contribution is 2.24. The van der Waals surface area contributed by atoms with Gasteiger partial charge in [-0.15, -0.1) is 0 Å². The lowest BCUT2D eigenvalue weighted by Gasteiger charge is -2.08. The lowest BCUT2D eigenvalue weighted by molar-refractivity contribution is 0.103. The molecule has 19 heavy (non-hydrogen) atoms. The van der Waals surface area contributed by atoms with Gasteiger partial charge >= 0.3 is 0 Å². The van der Waals surface area contributed by atoms with Crippen LogP contribution in [0.3, 0.4) is 0 Å². The summed E-state index contributed by atoms with van der Waals surface area (Å²) in [6.45, 7) is 3.25. The van der Waals surface area contributed by atoms with E-state index in [2.05, 4.69) is 0 Å². The van der Waals surface area contributed by atoms with Gasteiger partial charge in [-0.1, -0.05) is 11.6 Å². The summed E-state index contributed by atoms with van der Waals surface area (Å²) in [5, 5.41) is 0.332. The van der Waals surface area contributed by atoms with Gasteiger partial charge < -0.3 is 5.73 Å². The second-order valence-corrected chi connectivity index (χ2v) is 4.90. The SMILES string of the molecule is Cc1cc(C(=O)c2cc(N)ccc2Cl)cc(C)c1F. The molecule has 0 bridgehead atoms. The van der Waals surface area contributed by atoms with E-state index < -0.39 is 0 Å². The predicted octanol–water partition coefficient (Wildman–Crippen LogP) is 3.91. The molecule has 0 unspecified atom stereocenters. The molecule has 0 heterocycles. The molecule has 2 N–H and O–H groups in total. The van der Waals surface area contributed by atoms with Gasteiger partial charge in [-0.3, -0.25) is 4.79 Å². The minimum Gasteiger partial charge on any atom is -0.399 e. The average molecular weight is 278 g/mol. The van der Waals surface area contributed by atoms with Crippen molar-refractivity contribution in [2.45, 2.75) is 13.8 Å². The van der Waals surface area contributed by atoms with Crippen LogP contribution in [0, 0.1) is 19.7 Å². The third kappa shape index (κ3) is 2.61. The molecule has 0 aliphatic heterocycles. The molecule has 2 nitrogen and oxygen atoms in total. The minimum absolute atomic E-state index is 0.261. The van der Waals surface area contributed by atoms with Crippen molar-refractivity contribution in [3.63, 3.8) is 0 Å². The molecule has 0 amide bonds. The van der Waals surface area contributed by atoms with Gasteiger partial charge in [-0.2, -0.15) is 0 Å². The highest BCUT2D eigenvalue weighted by atomic mass is 35.5. The summed E-state index contributed by atoms with van der Waals surface area (Å²) < 4.78 is 13.6. The molecule has 0 radical (unpaired) electrons. The third-order valence-electron chi connectivity index (χ3n) is 2.93. The first kappa shape index (κ1) is 13.6.